The summed E-state index contributed by atoms with van der Waals surface area (Å²) in [6, 6.07) is 13.9. The van der Waals surface area contributed by atoms with E-state index in [1.807, 2.05) is 24.3 Å². The first-order valence-electron chi connectivity index (χ1n) is 8.01. The molecule has 5 nitrogen and oxygen atoms in total. The second-order valence-corrected chi connectivity index (χ2v) is 8.54. The summed E-state index contributed by atoms with van der Waals surface area (Å²) < 4.78 is 25.1. The second kappa shape index (κ2) is 9.26. The first-order valence-corrected chi connectivity index (χ1v) is 10.6. The molecular weight excluding hydrogens is 395 g/mol. The van der Waals surface area contributed by atoms with Crippen molar-refractivity contribution < 1.29 is 13.2 Å². The maximum Gasteiger partial charge on any atom is 0.240 e. The van der Waals surface area contributed by atoms with Crippen LogP contribution in [0.3, 0.4) is 0 Å². The third-order valence-corrected chi connectivity index (χ3v) is 5.43. The number of nitrogens with one attached hydrogen (secondary N) is 1. The minimum absolute atomic E-state index is 0.300. The minimum Gasteiger partial charge on any atom is -0.355 e. The highest BCUT2D eigenvalue weighted by molar-refractivity contribution is 7.92. The maximum absolute atomic E-state index is 12.2. The summed E-state index contributed by atoms with van der Waals surface area (Å²) in [6.07, 6.45) is 2.48. The quantitative estimate of drug-likeness (QED) is 0.671. The normalized spacial score (nSPS) is 11.2. The minimum atomic E-state index is -3.61. The van der Waals surface area contributed by atoms with E-state index in [9.17, 15) is 13.2 Å². The predicted molar refractivity (Wildman–Crippen MR) is 106 cm³/mol. The van der Waals surface area contributed by atoms with E-state index < -0.39 is 10.0 Å². The number of halogens is 2. The van der Waals surface area contributed by atoms with Crippen molar-refractivity contribution >= 4 is 44.8 Å². The Hall–Kier alpha value is -1.76. The number of carbonyl (C=O) groups excluding carboxylic acids is 1. The summed E-state index contributed by atoms with van der Waals surface area (Å²) in [5.74, 6) is -0.380. The lowest BCUT2D eigenvalue weighted by atomic mass is 10.1. The highest BCUT2D eigenvalue weighted by Gasteiger charge is 2.20. The summed E-state index contributed by atoms with van der Waals surface area (Å²) in [5, 5.41) is 3.83. The lowest BCUT2D eigenvalue weighted by Gasteiger charge is -2.22. The molecule has 0 aliphatic heterocycles. The molecule has 0 saturated heterocycles. The summed E-state index contributed by atoms with van der Waals surface area (Å²) in [4.78, 5) is 12.2. The van der Waals surface area contributed by atoms with E-state index in [4.69, 9.17) is 23.2 Å². The van der Waals surface area contributed by atoms with Crippen molar-refractivity contribution in [3.63, 3.8) is 0 Å². The fraction of sp³-hybridized carbons (Fsp3) is 0.278. The summed E-state index contributed by atoms with van der Waals surface area (Å²) in [7, 11) is -3.61. The number of sulfonamides is 1. The van der Waals surface area contributed by atoms with Crippen LogP contribution in [0, 0.1) is 0 Å². The smallest absolute Gasteiger partial charge is 0.240 e. The number of benzene rings is 2. The summed E-state index contributed by atoms with van der Waals surface area (Å²) >= 11 is 12.0. The Bertz CT molecular complexity index is 872. The van der Waals surface area contributed by atoms with E-state index in [0.717, 1.165) is 22.5 Å². The Labute approximate surface area is 164 Å². The Morgan fingerprint density at radius 1 is 1.12 bits per heavy atom. The highest BCUT2D eigenvalue weighted by atomic mass is 35.5. The van der Waals surface area contributed by atoms with Crippen molar-refractivity contribution in [2.24, 2.45) is 0 Å². The number of carbonyl (C=O) groups is 1. The van der Waals surface area contributed by atoms with Gasteiger partial charge in [0.15, 0.2) is 0 Å². The standard InChI is InChI=1S/C18H20Cl2N2O3S/c1-26(24,25)22(16-9-4-8-15(19)12-16)13-18(23)21-11-5-7-14-6-2-3-10-17(14)20/h2-4,6,8-10,12H,5,7,11,13H2,1H3,(H,21,23). The summed E-state index contributed by atoms with van der Waals surface area (Å²) in [5.41, 5.74) is 1.37. The maximum atomic E-state index is 12.2. The van der Waals surface area contributed by atoms with Crippen LogP contribution in [0.15, 0.2) is 48.5 Å². The van der Waals surface area contributed by atoms with Crippen LogP contribution in [0.1, 0.15) is 12.0 Å². The number of nitrogens with zero attached hydrogens (tertiary/aromatic N) is 1. The van der Waals surface area contributed by atoms with Gasteiger partial charge >= 0.3 is 0 Å². The van der Waals surface area contributed by atoms with Crippen LogP contribution in [0.25, 0.3) is 0 Å². The van der Waals surface area contributed by atoms with Crippen molar-refractivity contribution in [3.05, 3.63) is 64.1 Å². The Balaban J connectivity index is 1.91. The molecule has 2 aromatic carbocycles. The van der Waals surface area contributed by atoms with Crippen molar-refractivity contribution in [2.45, 2.75) is 12.8 Å². The largest absolute Gasteiger partial charge is 0.355 e. The molecule has 1 amide bonds. The van der Waals surface area contributed by atoms with Gasteiger partial charge in [-0.3, -0.25) is 9.10 Å². The van der Waals surface area contributed by atoms with Crippen LogP contribution in [-0.4, -0.2) is 33.7 Å². The molecule has 2 aromatic rings. The van der Waals surface area contributed by atoms with E-state index in [-0.39, 0.29) is 12.5 Å². The monoisotopic (exact) mass is 414 g/mol. The SMILES string of the molecule is CS(=O)(=O)N(CC(=O)NCCCc1ccccc1Cl)c1cccc(Cl)c1. The molecule has 0 atom stereocenters. The van der Waals surface area contributed by atoms with Crippen LogP contribution in [0.2, 0.25) is 10.0 Å². The van der Waals surface area contributed by atoms with Crippen molar-refractivity contribution in [3.8, 4) is 0 Å². The van der Waals surface area contributed by atoms with E-state index in [0.29, 0.717) is 28.7 Å². The van der Waals surface area contributed by atoms with Gasteiger partial charge < -0.3 is 5.32 Å². The molecule has 26 heavy (non-hydrogen) atoms. The van der Waals surface area contributed by atoms with Gasteiger partial charge in [-0.1, -0.05) is 47.5 Å². The lowest BCUT2D eigenvalue weighted by molar-refractivity contribution is -0.119. The van der Waals surface area contributed by atoms with E-state index in [1.165, 1.54) is 6.07 Å². The molecular formula is C18H20Cl2N2O3S. The van der Waals surface area contributed by atoms with Gasteiger partial charge in [0, 0.05) is 16.6 Å². The number of amides is 1. The molecule has 0 heterocycles. The van der Waals surface area contributed by atoms with Crippen molar-refractivity contribution in [2.75, 3.05) is 23.7 Å². The van der Waals surface area contributed by atoms with Gasteiger partial charge in [0.2, 0.25) is 15.9 Å². The van der Waals surface area contributed by atoms with Crippen LogP contribution in [-0.2, 0) is 21.2 Å². The first kappa shape index (κ1) is 20.6. The van der Waals surface area contributed by atoms with Crippen LogP contribution < -0.4 is 9.62 Å². The summed E-state index contributed by atoms with van der Waals surface area (Å²) in [6.45, 7) is 0.127. The van der Waals surface area contributed by atoms with Gasteiger partial charge in [-0.15, -0.1) is 0 Å². The molecule has 0 aliphatic carbocycles. The van der Waals surface area contributed by atoms with Gasteiger partial charge in [-0.05, 0) is 42.7 Å². The second-order valence-electron chi connectivity index (χ2n) is 5.79. The number of aryl methyl sites for hydroxylation is 1. The van der Waals surface area contributed by atoms with Crippen molar-refractivity contribution in [1.82, 2.24) is 5.32 Å². The van der Waals surface area contributed by atoms with Gasteiger partial charge in [0.25, 0.3) is 0 Å². The van der Waals surface area contributed by atoms with E-state index in [1.54, 1.807) is 18.2 Å². The molecule has 0 unspecified atom stereocenters. The van der Waals surface area contributed by atoms with Gasteiger partial charge in [0.1, 0.15) is 6.54 Å². The van der Waals surface area contributed by atoms with Gasteiger partial charge in [-0.2, -0.15) is 0 Å². The molecule has 140 valence electrons. The zero-order chi connectivity index (χ0) is 19.2. The molecule has 0 spiro atoms. The number of rotatable bonds is 8. The molecule has 0 aliphatic rings. The van der Waals surface area contributed by atoms with Crippen LogP contribution >= 0.6 is 23.2 Å². The molecule has 0 saturated carbocycles. The third kappa shape index (κ3) is 6.20. The fourth-order valence-electron chi connectivity index (χ4n) is 2.43. The fourth-order valence-corrected chi connectivity index (χ4v) is 3.69. The zero-order valence-corrected chi connectivity index (χ0v) is 16.6. The average Bonchev–Trinajstić information content (AvgIpc) is 2.57. The Morgan fingerprint density at radius 2 is 1.85 bits per heavy atom. The zero-order valence-electron chi connectivity index (χ0n) is 14.3. The van der Waals surface area contributed by atoms with Crippen LogP contribution in [0.4, 0.5) is 5.69 Å². The van der Waals surface area contributed by atoms with Crippen molar-refractivity contribution in [1.29, 1.82) is 0 Å². The van der Waals surface area contributed by atoms with Gasteiger partial charge in [-0.25, -0.2) is 8.42 Å². The molecule has 0 aromatic heterocycles. The Kier molecular flexibility index (Phi) is 7.32. The third-order valence-electron chi connectivity index (χ3n) is 3.69. The molecule has 1 N–H and O–H groups in total. The predicted octanol–water partition coefficient (Wildman–Crippen LogP) is 3.51. The topological polar surface area (TPSA) is 66.5 Å². The highest BCUT2D eigenvalue weighted by Crippen LogP contribution is 2.21. The first-order chi connectivity index (χ1) is 12.3. The van der Waals surface area contributed by atoms with Crippen LogP contribution in [0.5, 0.6) is 0 Å². The molecule has 0 fully saturated rings. The van der Waals surface area contributed by atoms with Gasteiger partial charge in [0.05, 0.1) is 11.9 Å². The van der Waals surface area contributed by atoms with E-state index in [2.05, 4.69) is 5.32 Å². The number of hydrogen-bond donors (Lipinski definition) is 1. The number of hydrogen-bond acceptors (Lipinski definition) is 3. The molecule has 0 radical (unpaired) electrons. The lowest BCUT2D eigenvalue weighted by Crippen LogP contribution is -2.40. The molecule has 8 heteroatoms. The Morgan fingerprint density at radius 3 is 2.50 bits per heavy atom. The molecule has 2 rings (SSSR count). The molecule has 0 bridgehead atoms. The average molecular weight is 415 g/mol. The number of anilines is 1. The van der Waals surface area contributed by atoms with E-state index >= 15 is 0 Å².